The van der Waals surface area contributed by atoms with Gasteiger partial charge in [-0.05, 0) is 55.5 Å². The number of nitrogens with zero attached hydrogens (tertiary/aromatic N) is 1. The van der Waals surface area contributed by atoms with Gasteiger partial charge in [0.05, 0.1) is 5.52 Å². The van der Waals surface area contributed by atoms with Crippen molar-refractivity contribution in [2.45, 2.75) is 40.2 Å². The predicted octanol–water partition coefficient (Wildman–Crippen LogP) is 5.69. The number of benzene rings is 1. The average molecular weight is 337 g/mol. The largest absolute Gasteiger partial charge is 0.380 e. The molecule has 1 aromatic carbocycles. The highest BCUT2D eigenvalue weighted by Crippen LogP contribution is 2.25. The lowest BCUT2D eigenvalue weighted by Crippen LogP contribution is -2.03. The Morgan fingerprint density at radius 2 is 2.04 bits per heavy atom. The molecule has 0 saturated heterocycles. The van der Waals surface area contributed by atoms with Gasteiger partial charge in [0.25, 0.3) is 0 Å². The molecule has 3 nitrogen and oxygen atoms in total. The summed E-state index contributed by atoms with van der Waals surface area (Å²) in [5.41, 5.74) is 6.03. The molecular formula is C20H23N3S. The van der Waals surface area contributed by atoms with E-state index < -0.39 is 0 Å². The van der Waals surface area contributed by atoms with Crippen LogP contribution in [0, 0.1) is 19.3 Å². The number of nitrogens with one attached hydrogen (secondary N) is 2. The van der Waals surface area contributed by atoms with E-state index in [0.717, 1.165) is 47.2 Å². The van der Waals surface area contributed by atoms with Crippen LogP contribution in [0.15, 0.2) is 35.7 Å². The zero-order valence-corrected chi connectivity index (χ0v) is 15.3. The zero-order chi connectivity index (χ0) is 17.1. The van der Waals surface area contributed by atoms with E-state index >= 15 is 0 Å². The number of thiophene rings is 1. The Morgan fingerprint density at radius 1 is 1.21 bits per heavy atom. The summed E-state index contributed by atoms with van der Waals surface area (Å²) in [7, 11) is 0. The first-order valence-corrected chi connectivity index (χ1v) is 9.22. The fourth-order valence-corrected chi connectivity index (χ4v) is 3.72. The van der Waals surface area contributed by atoms with Crippen molar-refractivity contribution in [1.29, 1.82) is 5.41 Å². The molecule has 0 spiro atoms. The topological polar surface area (TPSA) is 48.8 Å². The van der Waals surface area contributed by atoms with E-state index in [4.69, 9.17) is 5.41 Å². The first-order chi connectivity index (χ1) is 11.6. The minimum atomic E-state index is 0.697. The molecule has 0 aliphatic carbocycles. The van der Waals surface area contributed by atoms with Gasteiger partial charge < -0.3 is 10.7 Å². The number of aryl methyl sites for hydroxylation is 2. The molecule has 0 bridgehead atoms. The highest BCUT2D eigenvalue weighted by Gasteiger charge is 2.09. The number of fused-ring (bicyclic) bond motifs is 1. The van der Waals surface area contributed by atoms with Gasteiger partial charge in [0.15, 0.2) is 0 Å². The SMILES string of the molecule is CCCC(=N)c1cc(C)nc2cc(NCc3sccc3C)ccc12. The van der Waals surface area contributed by atoms with Crippen molar-refractivity contribution in [2.75, 3.05) is 5.32 Å². The van der Waals surface area contributed by atoms with Crippen LogP contribution >= 0.6 is 11.3 Å². The van der Waals surface area contributed by atoms with Crippen LogP contribution in [-0.4, -0.2) is 10.7 Å². The van der Waals surface area contributed by atoms with Crippen molar-refractivity contribution < 1.29 is 0 Å². The molecule has 0 radical (unpaired) electrons. The summed E-state index contributed by atoms with van der Waals surface area (Å²) in [5.74, 6) is 0. The predicted molar refractivity (Wildman–Crippen MR) is 105 cm³/mol. The molecule has 2 aromatic heterocycles. The normalized spacial score (nSPS) is 11.0. The van der Waals surface area contributed by atoms with E-state index in [1.165, 1.54) is 10.4 Å². The molecule has 24 heavy (non-hydrogen) atoms. The van der Waals surface area contributed by atoms with E-state index in [9.17, 15) is 0 Å². The maximum absolute atomic E-state index is 8.32. The molecule has 0 saturated carbocycles. The monoisotopic (exact) mass is 337 g/mol. The van der Waals surface area contributed by atoms with Crippen LogP contribution in [0.3, 0.4) is 0 Å². The Kier molecular flexibility index (Phi) is 4.95. The minimum Gasteiger partial charge on any atom is -0.380 e. The van der Waals surface area contributed by atoms with Gasteiger partial charge in [-0.15, -0.1) is 11.3 Å². The number of hydrogen-bond acceptors (Lipinski definition) is 4. The Labute approximate surface area is 147 Å². The van der Waals surface area contributed by atoms with Crippen LogP contribution in [0.25, 0.3) is 10.9 Å². The van der Waals surface area contributed by atoms with Gasteiger partial charge in [-0.2, -0.15) is 0 Å². The quantitative estimate of drug-likeness (QED) is 0.567. The standard InChI is InChI=1S/C20H23N3S/c1-4-5-18(21)17-10-14(3)23-19-11-15(6-7-16(17)19)22-12-20-13(2)8-9-24-20/h6-11,21-22H,4-5,12H2,1-3H3. The molecule has 0 aliphatic rings. The second-order valence-electron chi connectivity index (χ2n) is 6.15. The summed E-state index contributed by atoms with van der Waals surface area (Å²) >= 11 is 1.78. The lowest BCUT2D eigenvalue weighted by Gasteiger charge is -2.11. The van der Waals surface area contributed by atoms with Gasteiger partial charge in [-0.3, -0.25) is 4.98 Å². The van der Waals surface area contributed by atoms with Crippen molar-refractivity contribution in [3.05, 3.63) is 57.4 Å². The summed E-state index contributed by atoms with van der Waals surface area (Å²) in [6.07, 6.45) is 1.79. The van der Waals surface area contributed by atoms with E-state index in [0.29, 0.717) is 5.71 Å². The molecule has 0 amide bonds. The maximum atomic E-state index is 8.32. The summed E-state index contributed by atoms with van der Waals surface area (Å²) in [6.45, 7) is 7.08. The second-order valence-corrected chi connectivity index (χ2v) is 7.15. The Bertz CT molecular complexity index is 880. The van der Waals surface area contributed by atoms with Crippen LogP contribution in [0.4, 0.5) is 5.69 Å². The highest BCUT2D eigenvalue weighted by molar-refractivity contribution is 7.10. The Balaban J connectivity index is 1.90. The molecule has 0 unspecified atom stereocenters. The van der Waals surface area contributed by atoms with Crippen LogP contribution in [-0.2, 0) is 6.54 Å². The molecule has 3 rings (SSSR count). The Morgan fingerprint density at radius 3 is 2.75 bits per heavy atom. The van der Waals surface area contributed by atoms with Gasteiger partial charge in [-0.25, -0.2) is 0 Å². The molecule has 124 valence electrons. The van der Waals surface area contributed by atoms with Crippen molar-refractivity contribution in [3.63, 3.8) is 0 Å². The molecule has 3 aromatic rings. The Hall–Kier alpha value is -2.20. The maximum Gasteiger partial charge on any atom is 0.0732 e. The zero-order valence-electron chi connectivity index (χ0n) is 14.4. The average Bonchev–Trinajstić information content (AvgIpc) is 2.97. The van der Waals surface area contributed by atoms with Gasteiger partial charge >= 0.3 is 0 Å². The van der Waals surface area contributed by atoms with Gasteiger partial charge in [0.2, 0.25) is 0 Å². The summed E-state index contributed by atoms with van der Waals surface area (Å²) in [6, 6.07) is 10.4. The van der Waals surface area contributed by atoms with Crippen molar-refractivity contribution in [2.24, 2.45) is 0 Å². The number of anilines is 1. The summed E-state index contributed by atoms with van der Waals surface area (Å²) in [4.78, 5) is 6.03. The van der Waals surface area contributed by atoms with Crippen molar-refractivity contribution in [3.8, 4) is 0 Å². The molecule has 0 aliphatic heterocycles. The highest BCUT2D eigenvalue weighted by atomic mass is 32.1. The smallest absolute Gasteiger partial charge is 0.0732 e. The lowest BCUT2D eigenvalue weighted by molar-refractivity contribution is 0.986. The molecular weight excluding hydrogens is 314 g/mol. The first-order valence-electron chi connectivity index (χ1n) is 8.34. The van der Waals surface area contributed by atoms with E-state index in [2.05, 4.69) is 53.8 Å². The number of pyridine rings is 1. The van der Waals surface area contributed by atoms with E-state index in [-0.39, 0.29) is 0 Å². The molecule has 0 atom stereocenters. The van der Waals surface area contributed by atoms with Gasteiger partial charge in [0.1, 0.15) is 0 Å². The van der Waals surface area contributed by atoms with Crippen LogP contribution in [0.5, 0.6) is 0 Å². The van der Waals surface area contributed by atoms with Crippen molar-refractivity contribution >= 4 is 33.6 Å². The third kappa shape index (κ3) is 3.49. The third-order valence-corrected chi connectivity index (χ3v) is 5.21. The molecule has 0 fully saturated rings. The summed E-state index contributed by atoms with van der Waals surface area (Å²) in [5, 5.41) is 15.0. The third-order valence-electron chi connectivity index (χ3n) is 4.18. The summed E-state index contributed by atoms with van der Waals surface area (Å²) < 4.78 is 0. The second kappa shape index (κ2) is 7.14. The van der Waals surface area contributed by atoms with Crippen LogP contribution in [0.1, 0.15) is 41.5 Å². The van der Waals surface area contributed by atoms with E-state index in [1.807, 2.05) is 13.0 Å². The minimum absolute atomic E-state index is 0.697. The van der Waals surface area contributed by atoms with Gasteiger partial charge in [-0.1, -0.05) is 19.4 Å². The van der Waals surface area contributed by atoms with Gasteiger partial charge in [0, 0.05) is 39.5 Å². The first kappa shape index (κ1) is 16.7. The molecule has 4 heteroatoms. The number of hydrogen-bond donors (Lipinski definition) is 2. The van der Waals surface area contributed by atoms with Crippen molar-refractivity contribution in [1.82, 2.24) is 4.98 Å². The molecule has 2 N–H and O–H groups in total. The van der Waals surface area contributed by atoms with Crippen LogP contribution in [0.2, 0.25) is 0 Å². The number of rotatable bonds is 6. The lowest BCUT2D eigenvalue weighted by atomic mass is 10.0. The van der Waals surface area contributed by atoms with Crippen LogP contribution < -0.4 is 5.32 Å². The number of aromatic nitrogens is 1. The fourth-order valence-electron chi connectivity index (χ4n) is 2.87. The molecule has 2 heterocycles. The van der Waals surface area contributed by atoms with E-state index in [1.54, 1.807) is 11.3 Å². The fraction of sp³-hybridized carbons (Fsp3) is 0.300.